The second-order valence-electron chi connectivity index (χ2n) is 7.28. The normalized spacial score (nSPS) is 21.8. The first-order valence-corrected chi connectivity index (χ1v) is 11.9. The van der Waals surface area contributed by atoms with E-state index in [1.807, 2.05) is 6.07 Å². The summed E-state index contributed by atoms with van der Waals surface area (Å²) in [5, 5.41) is 4.14. The van der Waals surface area contributed by atoms with E-state index < -0.39 is 15.7 Å². The van der Waals surface area contributed by atoms with Crippen LogP contribution in [0.2, 0.25) is 0 Å². The monoisotopic (exact) mass is 420 g/mol. The standard InChI is InChI=1S/C20H21FN2O3S2/c1-2-12-3-5-17-13(9-12)10-18(27-17)20(24)23-22-16-7-8-28(25,26)19-6-4-14(21)11-15(16)19/h4,6,10-12H,2-3,5,7-9H2,1H3,(H,23,24)/b22-16+. The molecular weight excluding hydrogens is 399 g/mol. The van der Waals surface area contributed by atoms with Gasteiger partial charge < -0.3 is 0 Å². The van der Waals surface area contributed by atoms with Crippen molar-refractivity contribution in [3.05, 3.63) is 51.0 Å². The summed E-state index contributed by atoms with van der Waals surface area (Å²) in [7, 11) is -3.45. The number of thiophene rings is 1. The number of rotatable bonds is 3. The molecule has 1 atom stereocenters. The van der Waals surface area contributed by atoms with E-state index in [1.54, 1.807) is 0 Å². The Morgan fingerprint density at radius 1 is 1.32 bits per heavy atom. The maximum Gasteiger partial charge on any atom is 0.281 e. The van der Waals surface area contributed by atoms with Crippen molar-refractivity contribution in [3.8, 4) is 0 Å². The summed E-state index contributed by atoms with van der Waals surface area (Å²) in [4.78, 5) is 14.5. The number of nitrogens with zero attached hydrogens (tertiary/aromatic N) is 1. The molecule has 2 heterocycles. The number of hydrogen-bond donors (Lipinski definition) is 1. The Labute approximate surface area is 167 Å². The van der Waals surface area contributed by atoms with Crippen LogP contribution in [0, 0.1) is 11.7 Å². The van der Waals surface area contributed by atoms with Crippen molar-refractivity contribution in [2.75, 3.05) is 5.75 Å². The van der Waals surface area contributed by atoms with Crippen LogP contribution < -0.4 is 5.43 Å². The number of amides is 1. The second-order valence-corrected chi connectivity index (χ2v) is 10.5. The summed E-state index contributed by atoms with van der Waals surface area (Å²) >= 11 is 1.49. The number of sulfone groups is 1. The summed E-state index contributed by atoms with van der Waals surface area (Å²) in [5.41, 5.74) is 4.38. The number of carbonyl (C=O) groups is 1. The Morgan fingerprint density at radius 3 is 2.93 bits per heavy atom. The van der Waals surface area contributed by atoms with Crippen molar-refractivity contribution in [2.45, 2.75) is 43.9 Å². The Balaban J connectivity index is 1.56. The zero-order valence-corrected chi connectivity index (χ0v) is 17.1. The van der Waals surface area contributed by atoms with Crippen molar-refractivity contribution in [3.63, 3.8) is 0 Å². The highest BCUT2D eigenvalue weighted by atomic mass is 32.2. The van der Waals surface area contributed by atoms with Gasteiger partial charge in [-0.1, -0.05) is 13.3 Å². The molecule has 28 heavy (non-hydrogen) atoms. The van der Waals surface area contributed by atoms with Crippen LogP contribution in [0.25, 0.3) is 0 Å². The van der Waals surface area contributed by atoms with Crippen LogP contribution in [-0.4, -0.2) is 25.8 Å². The van der Waals surface area contributed by atoms with Crippen LogP contribution in [0.15, 0.2) is 34.3 Å². The number of halogens is 1. The van der Waals surface area contributed by atoms with E-state index >= 15 is 0 Å². The highest BCUT2D eigenvalue weighted by Crippen LogP contribution is 2.33. The molecule has 1 aromatic carbocycles. The molecule has 2 aliphatic rings. The molecule has 0 saturated heterocycles. The third kappa shape index (κ3) is 3.63. The van der Waals surface area contributed by atoms with Gasteiger partial charge in [0.05, 0.1) is 21.2 Å². The minimum Gasteiger partial charge on any atom is -0.266 e. The van der Waals surface area contributed by atoms with Gasteiger partial charge in [0.15, 0.2) is 9.84 Å². The molecule has 4 rings (SSSR count). The molecule has 0 bridgehead atoms. The quantitative estimate of drug-likeness (QED) is 0.607. The van der Waals surface area contributed by atoms with E-state index in [1.165, 1.54) is 27.8 Å². The van der Waals surface area contributed by atoms with Gasteiger partial charge in [-0.15, -0.1) is 11.3 Å². The lowest BCUT2D eigenvalue weighted by atomic mass is 9.87. The fourth-order valence-corrected chi connectivity index (χ4v) is 6.39. The molecule has 1 N–H and O–H groups in total. The van der Waals surface area contributed by atoms with Gasteiger partial charge in [0, 0.05) is 16.9 Å². The van der Waals surface area contributed by atoms with Gasteiger partial charge in [0.1, 0.15) is 5.82 Å². The van der Waals surface area contributed by atoms with Gasteiger partial charge >= 0.3 is 0 Å². The highest BCUT2D eigenvalue weighted by molar-refractivity contribution is 7.91. The Hall–Kier alpha value is -2.06. The zero-order valence-electron chi connectivity index (χ0n) is 15.5. The molecule has 0 spiro atoms. The van der Waals surface area contributed by atoms with Gasteiger partial charge in [0.2, 0.25) is 0 Å². The summed E-state index contributed by atoms with van der Waals surface area (Å²) in [5.74, 6) is -0.280. The lowest BCUT2D eigenvalue weighted by Crippen LogP contribution is -2.26. The van der Waals surface area contributed by atoms with Crippen molar-refractivity contribution >= 4 is 32.8 Å². The van der Waals surface area contributed by atoms with E-state index in [0.717, 1.165) is 37.8 Å². The van der Waals surface area contributed by atoms with Crippen molar-refractivity contribution < 1.29 is 17.6 Å². The summed E-state index contributed by atoms with van der Waals surface area (Å²) in [6, 6.07) is 5.48. The predicted octanol–water partition coefficient (Wildman–Crippen LogP) is 3.71. The molecule has 1 aliphatic heterocycles. The molecule has 0 radical (unpaired) electrons. The SMILES string of the molecule is CCC1CCc2sc(C(=O)N/N=C3\CCS(=O)(=O)c4ccc(F)cc43)cc2C1. The molecule has 1 aromatic heterocycles. The smallest absolute Gasteiger partial charge is 0.266 e. The molecular formula is C20H21FN2O3S2. The van der Waals surface area contributed by atoms with E-state index in [2.05, 4.69) is 17.5 Å². The van der Waals surface area contributed by atoms with Crippen LogP contribution in [0.4, 0.5) is 4.39 Å². The van der Waals surface area contributed by atoms with Crippen molar-refractivity contribution in [2.24, 2.45) is 11.0 Å². The molecule has 148 valence electrons. The largest absolute Gasteiger partial charge is 0.281 e. The number of fused-ring (bicyclic) bond motifs is 2. The maximum atomic E-state index is 13.6. The topological polar surface area (TPSA) is 75.6 Å². The Bertz CT molecular complexity index is 1070. The van der Waals surface area contributed by atoms with Crippen LogP contribution >= 0.6 is 11.3 Å². The zero-order chi connectivity index (χ0) is 19.9. The van der Waals surface area contributed by atoms with E-state index in [-0.39, 0.29) is 28.5 Å². The fourth-order valence-electron chi connectivity index (χ4n) is 3.82. The molecule has 0 fully saturated rings. The number of benzene rings is 1. The Morgan fingerprint density at radius 2 is 2.14 bits per heavy atom. The van der Waals surface area contributed by atoms with Gasteiger partial charge in [0.25, 0.3) is 5.91 Å². The third-order valence-corrected chi connectivity index (χ3v) is 8.48. The molecule has 1 aliphatic carbocycles. The number of hydrazone groups is 1. The molecule has 2 aromatic rings. The second kappa shape index (κ2) is 7.40. The minimum absolute atomic E-state index is 0.0605. The average Bonchev–Trinajstić information content (AvgIpc) is 3.10. The van der Waals surface area contributed by atoms with Crippen LogP contribution in [0.3, 0.4) is 0 Å². The van der Waals surface area contributed by atoms with Crippen LogP contribution in [0.1, 0.15) is 51.9 Å². The first kappa shape index (κ1) is 19.3. The molecule has 1 unspecified atom stereocenters. The lowest BCUT2D eigenvalue weighted by Gasteiger charge is -2.19. The molecule has 0 saturated carbocycles. The average molecular weight is 421 g/mol. The third-order valence-electron chi connectivity index (χ3n) is 5.47. The van der Waals surface area contributed by atoms with Gasteiger partial charge in [-0.3, -0.25) is 4.79 Å². The maximum absolute atomic E-state index is 13.6. The summed E-state index contributed by atoms with van der Waals surface area (Å²) in [6.45, 7) is 2.19. The molecule has 5 nitrogen and oxygen atoms in total. The van der Waals surface area contributed by atoms with Crippen LogP contribution in [-0.2, 0) is 22.7 Å². The predicted molar refractivity (Wildman–Crippen MR) is 107 cm³/mol. The number of hydrogen-bond acceptors (Lipinski definition) is 5. The fraction of sp³-hybridized carbons (Fsp3) is 0.400. The van der Waals surface area contributed by atoms with E-state index in [4.69, 9.17) is 0 Å². The van der Waals surface area contributed by atoms with Gasteiger partial charge in [-0.2, -0.15) is 5.10 Å². The summed E-state index contributed by atoms with van der Waals surface area (Å²) in [6.07, 6.45) is 4.45. The minimum atomic E-state index is -3.45. The van der Waals surface area contributed by atoms with E-state index in [9.17, 15) is 17.6 Å². The Kier molecular flexibility index (Phi) is 5.09. The number of nitrogens with one attached hydrogen (secondary N) is 1. The first-order valence-electron chi connectivity index (χ1n) is 9.38. The van der Waals surface area contributed by atoms with Crippen molar-refractivity contribution in [1.29, 1.82) is 0 Å². The van der Waals surface area contributed by atoms with E-state index in [0.29, 0.717) is 16.5 Å². The van der Waals surface area contributed by atoms with Gasteiger partial charge in [-0.05, 0) is 55.0 Å². The van der Waals surface area contributed by atoms with Crippen molar-refractivity contribution in [1.82, 2.24) is 5.43 Å². The molecule has 1 amide bonds. The highest BCUT2D eigenvalue weighted by Gasteiger charge is 2.28. The number of carbonyl (C=O) groups excluding carboxylic acids is 1. The van der Waals surface area contributed by atoms with Gasteiger partial charge in [-0.25, -0.2) is 18.2 Å². The number of aryl methyl sites for hydroxylation is 1. The first-order chi connectivity index (χ1) is 13.4. The molecule has 8 heteroatoms. The van der Waals surface area contributed by atoms with Crippen LogP contribution in [0.5, 0.6) is 0 Å². The summed E-state index contributed by atoms with van der Waals surface area (Å²) < 4.78 is 38.0. The lowest BCUT2D eigenvalue weighted by molar-refractivity contribution is 0.0958.